The highest BCUT2D eigenvalue weighted by atomic mass is 16.2. The van der Waals surface area contributed by atoms with Crippen LogP contribution in [0.5, 0.6) is 0 Å². The first kappa shape index (κ1) is 11.9. The summed E-state index contributed by atoms with van der Waals surface area (Å²) in [6.07, 6.45) is 7.06. The van der Waals surface area contributed by atoms with Gasteiger partial charge in [0.2, 0.25) is 11.8 Å². The maximum absolute atomic E-state index is 12.8. The van der Waals surface area contributed by atoms with Gasteiger partial charge in [-0.15, -0.1) is 0 Å². The molecular weight excluding hydrogens is 240 g/mol. The van der Waals surface area contributed by atoms with E-state index < -0.39 is 0 Å². The van der Waals surface area contributed by atoms with Gasteiger partial charge in [-0.25, -0.2) is 0 Å². The van der Waals surface area contributed by atoms with Crippen LogP contribution in [0.1, 0.15) is 44.9 Å². The third kappa shape index (κ3) is 1.62. The third-order valence-electron chi connectivity index (χ3n) is 5.84. The Hall–Kier alpha value is -0.900. The standard InChI is InChI=1S/C15H22N2O2/c18-12-7-15(5-3-1-2-4-6-15)14(19)17(12)13-10-8-16-9-11(10)13/h10-11,13,16H,1-9H2. The lowest BCUT2D eigenvalue weighted by atomic mass is 9.79. The number of carbonyl (C=O) groups is 2. The second-order valence-electron chi connectivity index (χ2n) is 6.92. The summed E-state index contributed by atoms with van der Waals surface area (Å²) in [7, 11) is 0. The van der Waals surface area contributed by atoms with E-state index >= 15 is 0 Å². The molecular formula is C15H22N2O2. The van der Waals surface area contributed by atoms with E-state index in [4.69, 9.17) is 0 Å². The van der Waals surface area contributed by atoms with Crippen molar-refractivity contribution in [2.75, 3.05) is 13.1 Å². The maximum Gasteiger partial charge on any atom is 0.236 e. The lowest BCUT2D eigenvalue weighted by Gasteiger charge is -2.25. The Kier molecular flexibility index (Phi) is 2.53. The van der Waals surface area contributed by atoms with Crippen molar-refractivity contribution in [2.24, 2.45) is 17.3 Å². The molecule has 104 valence electrons. The Morgan fingerprint density at radius 2 is 1.63 bits per heavy atom. The van der Waals surface area contributed by atoms with Crippen LogP contribution in [-0.4, -0.2) is 35.8 Å². The van der Waals surface area contributed by atoms with Crippen LogP contribution in [0.4, 0.5) is 0 Å². The van der Waals surface area contributed by atoms with E-state index in [9.17, 15) is 9.59 Å². The molecule has 1 N–H and O–H groups in total. The molecule has 2 saturated heterocycles. The van der Waals surface area contributed by atoms with Gasteiger partial charge in [0.25, 0.3) is 0 Å². The number of imide groups is 1. The molecule has 4 heteroatoms. The van der Waals surface area contributed by atoms with E-state index in [0.717, 1.165) is 38.8 Å². The summed E-state index contributed by atoms with van der Waals surface area (Å²) >= 11 is 0. The number of piperidine rings is 1. The lowest BCUT2D eigenvalue weighted by molar-refractivity contribution is -0.143. The molecule has 0 radical (unpaired) electrons. The van der Waals surface area contributed by atoms with Gasteiger partial charge in [-0.1, -0.05) is 25.7 Å². The van der Waals surface area contributed by atoms with Crippen molar-refractivity contribution in [2.45, 2.75) is 51.0 Å². The van der Waals surface area contributed by atoms with Gasteiger partial charge in [0.1, 0.15) is 0 Å². The molecule has 1 spiro atoms. The number of amides is 2. The Morgan fingerprint density at radius 3 is 2.26 bits per heavy atom. The predicted octanol–water partition coefficient (Wildman–Crippen LogP) is 1.30. The first-order valence-corrected chi connectivity index (χ1v) is 7.80. The SMILES string of the molecule is O=C1CC2(CCCCCC2)C(=O)N1C1C2CNCC21. The molecule has 4 rings (SSSR count). The van der Waals surface area contributed by atoms with Crippen LogP contribution < -0.4 is 5.32 Å². The number of likely N-dealkylation sites (tertiary alicyclic amines) is 1. The minimum Gasteiger partial charge on any atom is -0.316 e. The van der Waals surface area contributed by atoms with Gasteiger partial charge in [0.15, 0.2) is 0 Å². The van der Waals surface area contributed by atoms with Crippen LogP contribution in [0, 0.1) is 17.3 Å². The molecule has 4 aliphatic rings. The fourth-order valence-corrected chi connectivity index (χ4v) is 4.69. The molecule has 4 nitrogen and oxygen atoms in total. The topological polar surface area (TPSA) is 49.4 Å². The molecule has 2 aliphatic carbocycles. The molecule has 2 atom stereocenters. The van der Waals surface area contributed by atoms with Gasteiger partial charge in [0.05, 0.1) is 5.41 Å². The summed E-state index contributed by atoms with van der Waals surface area (Å²) < 4.78 is 0. The van der Waals surface area contributed by atoms with Crippen LogP contribution in [0.3, 0.4) is 0 Å². The average Bonchev–Trinajstić information content (AvgIpc) is 2.83. The van der Waals surface area contributed by atoms with Gasteiger partial charge >= 0.3 is 0 Å². The van der Waals surface area contributed by atoms with Gasteiger partial charge in [0, 0.05) is 25.6 Å². The van der Waals surface area contributed by atoms with Gasteiger partial charge < -0.3 is 5.32 Å². The minimum atomic E-state index is -0.308. The van der Waals surface area contributed by atoms with E-state index in [1.807, 2.05) is 0 Å². The number of carbonyl (C=O) groups excluding carboxylic acids is 2. The second kappa shape index (κ2) is 4.05. The Balaban J connectivity index is 1.57. The zero-order valence-electron chi connectivity index (χ0n) is 11.4. The van der Waals surface area contributed by atoms with Crippen molar-refractivity contribution < 1.29 is 9.59 Å². The Bertz CT molecular complexity index is 416. The maximum atomic E-state index is 12.8. The Labute approximate surface area is 113 Å². The fourth-order valence-electron chi connectivity index (χ4n) is 4.69. The molecule has 2 saturated carbocycles. The smallest absolute Gasteiger partial charge is 0.236 e. The highest BCUT2D eigenvalue weighted by molar-refractivity contribution is 6.06. The van der Waals surface area contributed by atoms with Crippen molar-refractivity contribution in [1.82, 2.24) is 10.2 Å². The van der Waals surface area contributed by atoms with Crippen LogP contribution in [-0.2, 0) is 9.59 Å². The molecule has 0 aromatic heterocycles. The summed E-state index contributed by atoms with van der Waals surface area (Å²) in [6, 6.07) is 0.240. The molecule has 0 aromatic rings. The van der Waals surface area contributed by atoms with Gasteiger partial charge in [-0.3, -0.25) is 14.5 Å². The molecule has 2 heterocycles. The molecule has 0 aromatic carbocycles. The molecule has 2 unspecified atom stereocenters. The summed E-state index contributed by atoms with van der Waals surface area (Å²) in [4.78, 5) is 26.9. The van der Waals surface area contributed by atoms with E-state index in [2.05, 4.69) is 5.32 Å². The van der Waals surface area contributed by atoms with Crippen molar-refractivity contribution in [3.63, 3.8) is 0 Å². The number of nitrogens with one attached hydrogen (secondary N) is 1. The summed E-state index contributed by atoms with van der Waals surface area (Å²) in [5.41, 5.74) is -0.308. The van der Waals surface area contributed by atoms with Crippen LogP contribution in [0.15, 0.2) is 0 Å². The third-order valence-corrected chi connectivity index (χ3v) is 5.84. The number of rotatable bonds is 1. The minimum absolute atomic E-state index is 0.117. The lowest BCUT2D eigenvalue weighted by Crippen LogP contribution is -2.40. The molecule has 0 bridgehead atoms. The Morgan fingerprint density at radius 1 is 1.00 bits per heavy atom. The number of fused-ring (bicyclic) bond motifs is 1. The normalized spacial score (nSPS) is 40.6. The van der Waals surface area contributed by atoms with Crippen LogP contribution in [0.25, 0.3) is 0 Å². The number of nitrogens with zero attached hydrogens (tertiary/aromatic N) is 1. The highest BCUT2D eigenvalue weighted by Gasteiger charge is 2.63. The molecule has 2 aliphatic heterocycles. The quantitative estimate of drug-likeness (QED) is 0.725. The van der Waals surface area contributed by atoms with Crippen molar-refractivity contribution in [1.29, 1.82) is 0 Å². The van der Waals surface area contributed by atoms with Crippen LogP contribution >= 0.6 is 0 Å². The van der Waals surface area contributed by atoms with Crippen LogP contribution in [0.2, 0.25) is 0 Å². The van der Waals surface area contributed by atoms with E-state index in [1.165, 1.54) is 12.8 Å². The summed E-state index contributed by atoms with van der Waals surface area (Å²) in [5, 5.41) is 3.34. The van der Waals surface area contributed by atoms with Crippen molar-refractivity contribution in [3.05, 3.63) is 0 Å². The summed E-state index contributed by atoms with van der Waals surface area (Å²) in [6.45, 7) is 1.97. The zero-order chi connectivity index (χ0) is 13.0. The first-order valence-electron chi connectivity index (χ1n) is 7.80. The van der Waals surface area contributed by atoms with Gasteiger partial charge in [-0.2, -0.15) is 0 Å². The predicted molar refractivity (Wildman–Crippen MR) is 70.2 cm³/mol. The number of hydrogen-bond donors (Lipinski definition) is 1. The zero-order valence-corrected chi connectivity index (χ0v) is 11.4. The van der Waals surface area contributed by atoms with Gasteiger partial charge in [-0.05, 0) is 24.7 Å². The molecule has 19 heavy (non-hydrogen) atoms. The largest absolute Gasteiger partial charge is 0.316 e. The van der Waals surface area contributed by atoms with E-state index in [-0.39, 0.29) is 23.3 Å². The number of hydrogen-bond acceptors (Lipinski definition) is 3. The molecule has 4 fully saturated rings. The van der Waals surface area contributed by atoms with E-state index in [1.54, 1.807) is 4.90 Å². The average molecular weight is 262 g/mol. The van der Waals surface area contributed by atoms with Crippen molar-refractivity contribution in [3.8, 4) is 0 Å². The molecule has 2 amide bonds. The first-order chi connectivity index (χ1) is 9.23. The second-order valence-corrected chi connectivity index (χ2v) is 6.92. The monoisotopic (exact) mass is 262 g/mol. The summed E-state index contributed by atoms with van der Waals surface area (Å²) in [5.74, 6) is 1.40. The van der Waals surface area contributed by atoms with Crippen molar-refractivity contribution >= 4 is 11.8 Å². The van der Waals surface area contributed by atoms with E-state index in [0.29, 0.717) is 18.3 Å². The fraction of sp³-hybridized carbons (Fsp3) is 0.867. The highest BCUT2D eigenvalue weighted by Crippen LogP contribution is 2.52.